The van der Waals surface area contributed by atoms with E-state index >= 15 is 0 Å². The van der Waals surface area contributed by atoms with Crippen LogP contribution in [0.15, 0.2) is 23.1 Å². The Morgan fingerprint density at radius 1 is 1.40 bits per heavy atom. The van der Waals surface area contributed by atoms with Crippen molar-refractivity contribution in [3.05, 3.63) is 24.0 Å². The van der Waals surface area contributed by atoms with Crippen LogP contribution in [0, 0.1) is 5.82 Å². The van der Waals surface area contributed by atoms with Crippen LogP contribution in [0.4, 0.5) is 10.1 Å². The molecule has 1 aliphatic heterocycles. The van der Waals surface area contributed by atoms with Crippen LogP contribution in [-0.2, 0) is 14.6 Å². The first-order valence-corrected chi connectivity index (χ1v) is 5.82. The SMILES string of the molecule is CC1C(=O)Nc2cccc(F)c2S1(=O)=O. The molecule has 6 heteroatoms. The van der Waals surface area contributed by atoms with Crippen LogP contribution in [0.5, 0.6) is 0 Å². The Labute approximate surface area is 86.0 Å². The van der Waals surface area contributed by atoms with Crippen molar-refractivity contribution in [1.82, 2.24) is 0 Å². The predicted molar refractivity (Wildman–Crippen MR) is 51.7 cm³/mol. The minimum Gasteiger partial charge on any atom is -0.324 e. The van der Waals surface area contributed by atoms with Crippen molar-refractivity contribution in [3.63, 3.8) is 0 Å². The molecule has 0 fully saturated rings. The van der Waals surface area contributed by atoms with Crippen LogP contribution in [0.2, 0.25) is 0 Å². The lowest BCUT2D eigenvalue weighted by atomic mass is 10.3. The minimum atomic E-state index is -3.89. The Kier molecular flexibility index (Phi) is 2.04. The number of amides is 1. The van der Waals surface area contributed by atoms with Gasteiger partial charge < -0.3 is 5.32 Å². The molecule has 0 spiro atoms. The van der Waals surface area contributed by atoms with Crippen LogP contribution in [0.3, 0.4) is 0 Å². The highest BCUT2D eigenvalue weighted by Gasteiger charge is 2.38. The van der Waals surface area contributed by atoms with Gasteiger partial charge in [-0.2, -0.15) is 0 Å². The lowest BCUT2D eigenvalue weighted by Crippen LogP contribution is -2.38. The third kappa shape index (κ3) is 1.32. The van der Waals surface area contributed by atoms with Gasteiger partial charge in [-0.05, 0) is 19.1 Å². The van der Waals surface area contributed by atoms with E-state index in [-0.39, 0.29) is 5.69 Å². The first-order chi connectivity index (χ1) is 6.94. The summed E-state index contributed by atoms with van der Waals surface area (Å²) in [5, 5.41) is 1.10. The van der Waals surface area contributed by atoms with Crippen LogP contribution in [0.25, 0.3) is 0 Å². The minimum absolute atomic E-state index is 0.0121. The highest BCUT2D eigenvalue weighted by atomic mass is 32.2. The molecule has 0 bridgehead atoms. The van der Waals surface area contributed by atoms with Crippen LogP contribution >= 0.6 is 0 Å². The van der Waals surface area contributed by atoms with Gasteiger partial charge in [0.2, 0.25) is 5.91 Å². The highest BCUT2D eigenvalue weighted by Crippen LogP contribution is 2.31. The number of carbonyl (C=O) groups is 1. The van der Waals surface area contributed by atoms with E-state index in [1.807, 2.05) is 0 Å². The fraction of sp³-hybridized carbons (Fsp3) is 0.222. The normalized spacial score (nSPS) is 23.1. The molecule has 0 saturated heterocycles. The van der Waals surface area contributed by atoms with Crippen molar-refractivity contribution >= 4 is 21.4 Å². The molecule has 1 atom stereocenters. The summed E-state index contributed by atoms with van der Waals surface area (Å²) in [6.45, 7) is 1.24. The first kappa shape index (κ1) is 10.1. The van der Waals surface area contributed by atoms with Gasteiger partial charge in [0.05, 0.1) is 5.69 Å². The number of carbonyl (C=O) groups excluding carboxylic acids is 1. The van der Waals surface area contributed by atoms with E-state index in [1.165, 1.54) is 19.1 Å². The van der Waals surface area contributed by atoms with E-state index < -0.39 is 31.7 Å². The molecule has 0 saturated carbocycles. The zero-order valence-corrected chi connectivity index (χ0v) is 8.64. The molecule has 1 heterocycles. The molecule has 1 aliphatic rings. The van der Waals surface area contributed by atoms with E-state index in [0.29, 0.717) is 0 Å². The molecular weight excluding hydrogens is 221 g/mol. The van der Waals surface area contributed by atoms with Crippen molar-refractivity contribution < 1.29 is 17.6 Å². The van der Waals surface area contributed by atoms with E-state index in [4.69, 9.17) is 0 Å². The van der Waals surface area contributed by atoms with Crippen LogP contribution in [0.1, 0.15) is 6.92 Å². The topological polar surface area (TPSA) is 63.2 Å². The van der Waals surface area contributed by atoms with Gasteiger partial charge in [-0.15, -0.1) is 0 Å². The number of hydrogen-bond acceptors (Lipinski definition) is 3. The maximum atomic E-state index is 13.3. The maximum absolute atomic E-state index is 13.3. The van der Waals surface area contributed by atoms with E-state index in [1.54, 1.807) is 0 Å². The second-order valence-electron chi connectivity index (χ2n) is 3.29. The van der Waals surface area contributed by atoms with Gasteiger partial charge in [0.25, 0.3) is 0 Å². The van der Waals surface area contributed by atoms with Gasteiger partial charge in [0, 0.05) is 0 Å². The Morgan fingerprint density at radius 3 is 2.73 bits per heavy atom. The second-order valence-corrected chi connectivity index (χ2v) is 5.50. The first-order valence-electron chi connectivity index (χ1n) is 4.28. The lowest BCUT2D eigenvalue weighted by Gasteiger charge is -2.22. The number of halogens is 1. The molecule has 0 radical (unpaired) electrons. The molecule has 4 nitrogen and oxygen atoms in total. The van der Waals surface area contributed by atoms with Crippen LogP contribution in [-0.4, -0.2) is 19.6 Å². The number of fused-ring (bicyclic) bond motifs is 1. The Bertz CT molecular complexity index is 538. The molecule has 0 aromatic heterocycles. The summed E-state index contributed by atoms with van der Waals surface area (Å²) in [5.74, 6) is -1.47. The van der Waals surface area contributed by atoms with Crippen molar-refractivity contribution in [2.24, 2.45) is 0 Å². The molecule has 1 amide bonds. The number of nitrogens with one attached hydrogen (secondary N) is 1. The molecular formula is C9H8FNO3S. The Hall–Kier alpha value is -1.43. The molecule has 15 heavy (non-hydrogen) atoms. The Balaban J connectivity index is 2.79. The zero-order chi connectivity index (χ0) is 11.2. The number of hydrogen-bond donors (Lipinski definition) is 1. The number of anilines is 1. The van der Waals surface area contributed by atoms with Gasteiger partial charge >= 0.3 is 0 Å². The maximum Gasteiger partial charge on any atom is 0.242 e. The molecule has 0 aliphatic carbocycles. The number of rotatable bonds is 0. The zero-order valence-electron chi connectivity index (χ0n) is 7.82. The van der Waals surface area contributed by atoms with Gasteiger partial charge in [-0.25, -0.2) is 12.8 Å². The predicted octanol–water partition coefficient (Wildman–Crippen LogP) is 0.940. The molecule has 1 aromatic carbocycles. The standard InChI is InChI=1S/C9H8FNO3S/c1-5-9(12)11-7-4-2-3-6(10)8(7)15(5,13)14/h2-5H,1H3,(H,11,12). The quantitative estimate of drug-likeness (QED) is 0.720. The summed E-state index contributed by atoms with van der Waals surface area (Å²) in [7, 11) is -3.89. The van der Waals surface area contributed by atoms with E-state index in [9.17, 15) is 17.6 Å². The average molecular weight is 229 g/mol. The Morgan fingerprint density at radius 2 is 2.07 bits per heavy atom. The lowest BCUT2D eigenvalue weighted by molar-refractivity contribution is -0.115. The summed E-state index contributed by atoms with van der Waals surface area (Å²) in [6.07, 6.45) is 0. The molecule has 1 unspecified atom stereocenters. The van der Waals surface area contributed by atoms with Crippen LogP contribution < -0.4 is 5.32 Å². The van der Waals surface area contributed by atoms with Crippen molar-refractivity contribution in [3.8, 4) is 0 Å². The highest BCUT2D eigenvalue weighted by molar-refractivity contribution is 7.93. The van der Waals surface area contributed by atoms with E-state index in [2.05, 4.69) is 5.32 Å². The summed E-state index contributed by atoms with van der Waals surface area (Å²) >= 11 is 0. The molecule has 2 rings (SSSR count). The summed E-state index contributed by atoms with van der Waals surface area (Å²) in [6, 6.07) is 3.76. The monoisotopic (exact) mass is 229 g/mol. The summed E-state index contributed by atoms with van der Waals surface area (Å²) < 4.78 is 36.8. The van der Waals surface area contributed by atoms with Crippen molar-refractivity contribution in [1.29, 1.82) is 0 Å². The van der Waals surface area contributed by atoms with Gasteiger partial charge in [0.1, 0.15) is 16.0 Å². The molecule has 1 N–H and O–H groups in total. The summed E-state index contributed by atoms with van der Waals surface area (Å²) in [4.78, 5) is 10.9. The molecule has 80 valence electrons. The second kappa shape index (κ2) is 3.03. The third-order valence-corrected chi connectivity index (χ3v) is 4.47. The fourth-order valence-electron chi connectivity index (χ4n) is 1.45. The van der Waals surface area contributed by atoms with Gasteiger partial charge in [0.15, 0.2) is 9.84 Å². The number of sulfone groups is 1. The van der Waals surface area contributed by atoms with Gasteiger partial charge in [-0.3, -0.25) is 4.79 Å². The molecule has 1 aromatic rings. The van der Waals surface area contributed by atoms with Crippen molar-refractivity contribution in [2.75, 3.05) is 5.32 Å². The fourth-order valence-corrected chi connectivity index (χ4v) is 2.91. The average Bonchev–Trinajstić information content (AvgIpc) is 2.14. The third-order valence-electron chi connectivity index (χ3n) is 2.34. The number of benzene rings is 1. The van der Waals surface area contributed by atoms with E-state index in [0.717, 1.165) is 6.07 Å². The largest absolute Gasteiger partial charge is 0.324 e. The smallest absolute Gasteiger partial charge is 0.242 e. The van der Waals surface area contributed by atoms with Gasteiger partial charge in [-0.1, -0.05) is 6.07 Å². The summed E-state index contributed by atoms with van der Waals surface area (Å²) in [5.41, 5.74) is 0.0121. The van der Waals surface area contributed by atoms with Crippen molar-refractivity contribution in [2.45, 2.75) is 17.1 Å².